The highest BCUT2D eigenvalue weighted by molar-refractivity contribution is 7.91. The molecule has 0 atom stereocenters. The molecule has 0 radical (unpaired) electrons. The number of hydrogen-bond acceptors (Lipinski definition) is 8. The van der Waals surface area contributed by atoms with E-state index in [0.717, 1.165) is 17.5 Å². The molecule has 1 aromatic carbocycles. The average molecular weight is 568 g/mol. The number of nitrogens with zero attached hydrogens (tertiary/aromatic N) is 5. The van der Waals surface area contributed by atoms with Crippen molar-refractivity contribution in [1.82, 2.24) is 30.6 Å². The zero-order valence-electron chi connectivity index (χ0n) is 21.3. The molecule has 4 heterocycles. The Kier molecular flexibility index (Phi) is 6.87. The van der Waals surface area contributed by atoms with Gasteiger partial charge < -0.3 is 10.6 Å². The van der Waals surface area contributed by atoms with Crippen molar-refractivity contribution in [2.75, 3.05) is 11.4 Å². The van der Waals surface area contributed by atoms with Gasteiger partial charge in [-0.3, -0.25) is 14.7 Å². The second-order valence-corrected chi connectivity index (χ2v) is 11.6. The van der Waals surface area contributed by atoms with Crippen LogP contribution in [0.3, 0.4) is 0 Å². The number of anilines is 1. The Balaban J connectivity index is 1.34. The summed E-state index contributed by atoms with van der Waals surface area (Å²) in [6.45, 7) is 4.20. The summed E-state index contributed by atoms with van der Waals surface area (Å²) in [4.78, 5) is 43.5. The predicted molar refractivity (Wildman–Crippen MR) is 141 cm³/mol. The van der Waals surface area contributed by atoms with E-state index in [0.29, 0.717) is 29.1 Å². The van der Waals surface area contributed by atoms with E-state index >= 15 is 0 Å². The number of amides is 3. The third-order valence-electron chi connectivity index (χ3n) is 6.11. The van der Waals surface area contributed by atoms with Crippen LogP contribution in [0.1, 0.15) is 29.9 Å². The molecule has 1 aliphatic heterocycles. The number of urea groups is 1. The van der Waals surface area contributed by atoms with Crippen molar-refractivity contribution < 1.29 is 26.8 Å². The fourth-order valence-electron chi connectivity index (χ4n) is 4.13. The molecule has 0 spiro atoms. The summed E-state index contributed by atoms with van der Waals surface area (Å²) in [5, 5.41) is 6.22. The third-order valence-corrected chi connectivity index (χ3v) is 7.49. The first kappa shape index (κ1) is 27.0. The molecule has 1 aliphatic rings. The van der Waals surface area contributed by atoms with Crippen LogP contribution >= 0.6 is 0 Å². The van der Waals surface area contributed by atoms with Crippen molar-refractivity contribution in [3.63, 3.8) is 0 Å². The van der Waals surface area contributed by atoms with Crippen LogP contribution in [-0.4, -0.2) is 58.1 Å². The Labute approximate surface area is 227 Å². The maximum atomic E-state index is 12.9. The maximum absolute atomic E-state index is 12.9. The summed E-state index contributed by atoms with van der Waals surface area (Å²) < 4.78 is 49.2. The summed E-state index contributed by atoms with van der Waals surface area (Å²) in [6.07, 6.45) is 3.14. The Morgan fingerprint density at radius 2 is 1.88 bits per heavy atom. The number of pyridine rings is 2. The second kappa shape index (κ2) is 10.2. The van der Waals surface area contributed by atoms with E-state index in [-0.39, 0.29) is 24.1 Å². The predicted octanol–water partition coefficient (Wildman–Crippen LogP) is 3.32. The normalized spacial score (nSPS) is 14.9. The van der Waals surface area contributed by atoms with Crippen LogP contribution in [-0.2, 0) is 16.4 Å². The van der Waals surface area contributed by atoms with Crippen LogP contribution in [0, 0.1) is 0 Å². The highest BCUT2D eigenvalue weighted by Crippen LogP contribution is 2.24. The van der Waals surface area contributed by atoms with Crippen LogP contribution in [0.15, 0.2) is 65.8 Å². The summed E-state index contributed by atoms with van der Waals surface area (Å²) in [6, 6.07) is 11.1. The van der Waals surface area contributed by atoms with E-state index in [1.165, 1.54) is 17.0 Å². The largest absolute Gasteiger partial charge is 0.346 e. The van der Waals surface area contributed by atoms with Crippen LogP contribution in [0.2, 0.25) is 0 Å². The van der Waals surface area contributed by atoms with E-state index in [1.54, 1.807) is 30.6 Å². The highest BCUT2D eigenvalue weighted by atomic mass is 32.2. The number of aromatic nitrogens is 4. The number of carbonyl (C=O) groups is 2. The van der Waals surface area contributed by atoms with Crippen LogP contribution < -0.4 is 15.5 Å². The number of alkyl halides is 2. The van der Waals surface area contributed by atoms with Gasteiger partial charge in [-0.25, -0.2) is 28.2 Å². The average Bonchev–Trinajstić information content (AvgIpc) is 3.23. The first-order valence-corrected chi connectivity index (χ1v) is 13.6. The minimum atomic E-state index is -4.83. The van der Waals surface area contributed by atoms with E-state index < -0.39 is 31.9 Å². The molecule has 0 saturated carbocycles. The zero-order chi connectivity index (χ0) is 28.7. The van der Waals surface area contributed by atoms with E-state index in [1.807, 2.05) is 19.9 Å². The molecule has 40 heavy (non-hydrogen) atoms. The Bertz CT molecular complexity index is 1750. The van der Waals surface area contributed by atoms with Crippen molar-refractivity contribution in [3.8, 4) is 11.4 Å². The van der Waals surface area contributed by atoms with Crippen molar-refractivity contribution in [3.05, 3.63) is 72.2 Å². The van der Waals surface area contributed by atoms with Crippen molar-refractivity contribution in [2.45, 2.75) is 36.6 Å². The molecule has 0 unspecified atom stereocenters. The van der Waals surface area contributed by atoms with Crippen molar-refractivity contribution >= 4 is 38.6 Å². The van der Waals surface area contributed by atoms with Gasteiger partial charge in [0.2, 0.25) is 15.8 Å². The highest BCUT2D eigenvalue weighted by Gasteiger charge is 2.37. The molecule has 206 valence electrons. The number of carbonyl (C=O) groups excluding carboxylic acids is 2. The molecule has 1 fully saturated rings. The molecule has 3 amide bonds. The molecular formula is C26H23F2N7O4S. The number of hydrogen-bond donors (Lipinski definition) is 2. The fraction of sp³-hybridized carbons (Fsp3) is 0.231. The number of nitrogens with one attached hydrogen (secondary N) is 2. The summed E-state index contributed by atoms with van der Waals surface area (Å²) in [5.74, 6) is -3.99. The lowest BCUT2D eigenvalue weighted by molar-refractivity contribution is 0.0950. The third kappa shape index (κ3) is 5.43. The quantitative estimate of drug-likeness (QED) is 0.346. The number of benzene rings is 1. The molecule has 5 rings (SSSR count). The molecule has 0 bridgehead atoms. The number of fused-ring (bicyclic) bond motifs is 1. The molecule has 0 aliphatic carbocycles. The minimum absolute atomic E-state index is 0.0238. The number of halogens is 2. The molecule has 11 nitrogen and oxygen atoms in total. The van der Waals surface area contributed by atoms with Gasteiger partial charge in [-0.2, -0.15) is 8.78 Å². The fourth-order valence-corrected chi connectivity index (χ4v) is 4.90. The van der Waals surface area contributed by atoms with Gasteiger partial charge in [-0.15, -0.1) is 0 Å². The zero-order valence-corrected chi connectivity index (χ0v) is 22.1. The minimum Gasteiger partial charge on any atom is -0.346 e. The standard InChI is InChI=1S/C26H23F2N7O4S/c1-26(2)14-35(25(37)34-26)24-29-9-8-20(33-24)19-7-6-16-12-30-17(11-21(16)32-19)13-31-22(36)15-4-3-5-18(10-15)40(38,39)23(27)28/h3-12,23H,13-14H2,1-2H3,(H,31,36)(H,34,37). The smallest absolute Gasteiger partial charge is 0.341 e. The second-order valence-electron chi connectivity index (χ2n) is 9.72. The van der Waals surface area contributed by atoms with Gasteiger partial charge in [-0.1, -0.05) is 6.07 Å². The lowest BCUT2D eigenvalue weighted by Crippen LogP contribution is -2.36. The lowest BCUT2D eigenvalue weighted by atomic mass is 10.1. The summed E-state index contributed by atoms with van der Waals surface area (Å²) in [5.41, 5.74) is 1.58. The van der Waals surface area contributed by atoms with Gasteiger partial charge in [0.1, 0.15) is 0 Å². The van der Waals surface area contributed by atoms with Gasteiger partial charge in [-0.05, 0) is 56.3 Å². The van der Waals surface area contributed by atoms with Gasteiger partial charge in [0.15, 0.2) is 0 Å². The van der Waals surface area contributed by atoms with E-state index in [4.69, 9.17) is 0 Å². The Morgan fingerprint density at radius 3 is 2.60 bits per heavy atom. The van der Waals surface area contributed by atoms with E-state index in [2.05, 4.69) is 30.6 Å². The monoisotopic (exact) mass is 567 g/mol. The maximum Gasteiger partial charge on any atom is 0.341 e. The van der Waals surface area contributed by atoms with Crippen LogP contribution in [0.25, 0.3) is 22.3 Å². The molecule has 4 aromatic rings. The number of rotatable bonds is 7. The van der Waals surface area contributed by atoms with Gasteiger partial charge >= 0.3 is 11.8 Å². The lowest BCUT2D eigenvalue weighted by Gasteiger charge is -2.16. The first-order chi connectivity index (χ1) is 18.9. The first-order valence-electron chi connectivity index (χ1n) is 12.0. The SMILES string of the molecule is CC1(C)CN(c2nccc(-c3ccc4cnc(CNC(=O)c5cccc(S(=O)(=O)C(F)F)c5)cc4n3)n2)C(=O)N1. The number of sulfone groups is 1. The van der Waals surface area contributed by atoms with Crippen LogP contribution in [0.4, 0.5) is 19.5 Å². The molecular weight excluding hydrogens is 544 g/mol. The Hall–Kier alpha value is -4.59. The van der Waals surface area contributed by atoms with Crippen molar-refractivity contribution in [1.29, 1.82) is 0 Å². The van der Waals surface area contributed by atoms with Crippen molar-refractivity contribution in [2.24, 2.45) is 0 Å². The summed E-state index contributed by atoms with van der Waals surface area (Å²) >= 11 is 0. The van der Waals surface area contributed by atoms with Crippen LogP contribution in [0.5, 0.6) is 0 Å². The molecule has 14 heteroatoms. The molecule has 1 saturated heterocycles. The Morgan fingerprint density at radius 1 is 1.10 bits per heavy atom. The van der Waals surface area contributed by atoms with Gasteiger partial charge in [0.25, 0.3) is 5.91 Å². The molecule has 2 N–H and O–H groups in total. The van der Waals surface area contributed by atoms with Gasteiger partial charge in [0, 0.05) is 23.3 Å². The molecule has 3 aromatic heterocycles. The topological polar surface area (TPSA) is 147 Å². The summed E-state index contributed by atoms with van der Waals surface area (Å²) in [7, 11) is -4.83. The van der Waals surface area contributed by atoms with Gasteiger partial charge in [0.05, 0.1) is 46.1 Å². The van der Waals surface area contributed by atoms with E-state index in [9.17, 15) is 26.8 Å².